The highest BCUT2D eigenvalue weighted by Gasteiger charge is 2.41. The van der Waals surface area contributed by atoms with Crippen molar-refractivity contribution in [1.29, 1.82) is 0 Å². The molecule has 0 aliphatic heterocycles. The van der Waals surface area contributed by atoms with E-state index in [-0.39, 0.29) is 11.7 Å². The van der Waals surface area contributed by atoms with Crippen LogP contribution in [0.2, 0.25) is 0 Å². The summed E-state index contributed by atoms with van der Waals surface area (Å²) in [5, 5.41) is 6.94. The summed E-state index contributed by atoms with van der Waals surface area (Å²) in [5.74, 6) is -0.716. The fraction of sp³-hybridized carbons (Fsp3) is 0.385. The van der Waals surface area contributed by atoms with Gasteiger partial charge in [-0.1, -0.05) is 0 Å². The first kappa shape index (κ1) is 13.7. The van der Waals surface area contributed by atoms with Gasteiger partial charge in [0.2, 0.25) is 0 Å². The van der Waals surface area contributed by atoms with Gasteiger partial charge in [0.05, 0.1) is 5.52 Å². The second-order valence-electron chi connectivity index (χ2n) is 5.16. The lowest BCUT2D eigenvalue weighted by molar-refractivity contribution is -0.141. The van der Waals surface area contributed by atoms with Crippen LogP contribution in [-0.2, 0) is 0 Å². The molecule has 0 radical (unpaired) electrons. The molecule has 0 bridgehead atoms. The SMILES string of the molecule is Nc1ccc2[nH]nc(C(=O)N(CC(F)(F)F)C3CC3)c2c1. The number of carbonyl (C=O) groups excluding carboxylic acids is 1. The van der Waals surface area contributed by atoms with Gasteiger partial charge in [0, 0.05) is 17.1 Å². The highest BCUT2D eigenvalue weighted by Crippen LogP contribution is 2.32. The molecule has 0 unspecified atom stereocenters. The molecule has 2 aromatic rings. The highest BCUT2D eigenvalue weighted by molar-refractivity contribution is 6.05. The number of anilines is 1. The Bertz CT molecular complexity index is 690. The predicted molar refractivity (Wildman–Crippen MR) is 70.6 cm³/mol. The number of halogens is 3. The van der Waals surface area contributed by atoms with Crippen molar-refractivity contribution in [3.8, 4) is 0 Å². The quantitative estimate of drug-likeness (QED) is 0.854. The Morgan fingerprint density at radius 3 is 2.76 bits per heavy atom. The third kappa shape index (κ3) is 2.79. The maximum Gasteiger partial charge on any atom is 0.406 e. The van der Waals surface area contributed by atoms with Crippen molar-refractivity contribution < 1.29 is 18.0 Å². The fourth-order valence-corrected chi connectivity index (χ4v) is 2.28. The van der Waals surface area contributed by atoms with Crippen molar-refractivity contribution in [3.63, 3.8) is 0 Å². The van der Waals surface area contributed by atoms with Crippen LogP contribution in [0, 0.1) is 0 Å². The summed E-state index contributed by atoms with van der Waals surface area (Å²) in [5.41, 5.74) is 6.62. The Kier molecular flexibility index (Phi) is 3.03. The molecule has 1 aliphatic carbocycles. The van der Waals surface area contributed by atoms with E-state index in [1.165, 1.54) is 6.07 Å². The molecule has 21 heavy (non-hydrogen) atoms. The maximum absolute atomic E-state index is 12.6. The number of nitrogens with one attached hydrogen (secondary N) is 1. The summed E-state index contributed by atoms with van der Waals surface area (Å²) >= 11 is 0. The van der Waals surface area contributed by atoms with Gasteiger partial charge in [-0.15, -0.1) is 0 Å². The van der Waals surface area contributed by atoms with E-state index in [0.29, 0.717) is 29.4 Å². The number of nitrogen functional groups attached to an aromatic ring is 1. The third-order valence-electron chi connectivity index (χ3n) is 3.39. The predicted octanol–water partition coefficient (Wildman–Crippen LogP) is 2.31. The number of benzene rings is 1. The number of carbonyl (C=O) groups is 1. The lowest BCUT2D eigenvalue weighted by Gasteiger charge is -2.22. The molecule has 3 rings (SSSR count). The van der Waals surface area contributed by atoms with E-state index in [9.17, 15) is 18.0 Å². The number of rotatable bonds is 3. The number of nitrogens with zero attached hydrogens (tertiary/aromatic N) is 2. The summed E-state index contributed by atoms with van der Waals surface area (Å²) in [4.78, 5) is 13.2. The molecule has 1 amide bonds. The van der Waals surface area contributed by atoms with Crippen molar-refractivity contribution in [1.82, 2.24) is 15.1 Å². The Morgan fingerprint density at radius 2 is 2.14 bits per heavy atom. The standard InChI is InChI=1S/C13H13F3N4O/c14-13(15,16)6-20(8-2-3-8)12(21)11-9-5-7(17)1-4-10(9)18-19-11/h1,4-5,8H,2-3,6,17H2,(H,18,19). The molecule has 0 atom stereocenters. The van der Waals surface area contributed by atoms with Crippen LogP contribution in [0.25, 0.3) is 10.9 Å². The van der Waals surface area contributed by atoms with E-state index in [1.807, 2.05) is 0 Å². The van der Waals surface area contributed by atoms with Crippen molar-refractivity contribution in [3.05, 3.63) is 23.9 Å². The van der Waals surface area contributed by atoms with Crippen LogP contribution in [-0.4, -0.2) is 39.8 Å². The minimum Gasteiger partial charge on any atom is -0.399 e. The van der Waals surface area contributed by atoms with E-state index in [4.69, 9.17) is 5.73 Å². The van der Waals surface area contributed by atoms with Crippen LogP contribution in [0.5, 0.6) is 0 Å². The number of aromatic amines is 1. The van der Waals surface area contributed by atoms with Crippen LogP contribution in [0.15, 0.2) is 18.2 Å². The van der Waals surface area contributed by atoms with Crippen molar-refractivity contribution in [2.45, 2.75) is 25.1 Å². The Balaban J connectivity index is 1.96. The number of nitrogens with two attached hydrogens (primary N) is 1. The maximum atomic E-state index is 12.6. The molecule has 1 aromatic heterocycles. The van der Waals surface area contributed by atoms with Crippen LogP contribution >= 0.6 is 0 Å². The number of alkyl halides is 3. The van der Waals surface area contributed by atoms with E-state index >= 15 is 0 Å². The van der Waals surface area contributed by atoms with Crippen molar-refractivity contribution in [2.75, 3.05) is 12.3 Å². The number of hydrogen-bond acceptors (Lipinski definition) is 3. The van der Waals surface area contributed by atoms with E-state index < -0.39 is 18.6 Å². The Labute approximate surface area is 117 Å². The largest absolute Gasteiger partial charge is 0.406 e. The van der Waals surface area contributed by atoms with Gasteiger partial charge in [-0.3, -0.25) is 9.89 Å². The highest BCUT2D eigenvalue weighted by atomic mass is 19.4. The molecular weight excluding hydrogens is 285 g/mol. The molecule has 8 heteroatoms. The van der Waals surface area contributed by atoms with Gasteiger partial charge in [-0.2, -0.15) is 18.3 Å². The second-order valence-corrected chi connectivity index (χ2v) is 5.16. The van der Waals surface area contributed by atoms with E-state index in [0.717, 1.165) is 4.90 Å². The Hall–Kier alpha value is -2.25. The van der Waals surface area contributed by atoms with Crippen LogP contribution in [0.3, 0.4) is 0 Å². The zero-order chi connectivity index (χ0) is 15.2. The monoisotopic (exact) mass is 298 g/mol. The van der Waals surface area contributed by atoms with Gasteiger partial charge in [0.1, 0.15) is 6.54 Å². The summed E-state index contributed by atoms with van der Waals surface area (Å²) in [7, 11) is 0. The smallest absolute Gasteiger partial charge is 0.399 e. The number of amides is 1. The second kappa shape index (κ2) is 4.64. The minimum absolute atomic E-state index is 0.0200. The molecule has 112 valence electrons. The molecule has 0 saturated heterocycles. The summed E-state index contributed by atoms with van der Waals surface area (Å²) in [6.07, 6.45) is -3.25. The first-order valence-electron chi connectivity index (χ1n) is 6.46. The number of H-pyrrole nitrogens is 1. The zero-order valence-corrected chi connectivity index (χ0v) is 10.9. The summed E-state index contributed by atoms with van der Waals surface area (Å²) in [6, 6.07) is 4.44. The molecular formula is C13H13F3N4O. The van der Waals surface area contributed by atoms with Gasteiger partial charge in [0.15, 0.2) is 5.69 Å². The van der Waals surface area contributed by atoms with Crippen LogP contribution in [0.1, 0.15) is 23.3 Å². The normalized spacial score (nSPS) is 15.4. The topological polar surface area (TPSA) is 75.0 Å². The Morgan fingerprint density at radius 1 is 1.43 bits per heavy atom. The molecule has 1 heterocycles. The molecule has 1 fully saturated rings. The van der Waals surface area contributed by atoms with Gasteiger partial charge in [-0.05, 0) is 31.0 Å². The van der Waals surface area contributed by atoms with E-state index in [2.05, 4.69) is 10.2 Å². The number of hydrogen-bond donors (Lipinski definition) is 2. The van der Waals surface area contributed by atoms with Gasteiger partial charge < -0.3 is 10.6 Å². The average Bonchev–Trinajstić information content (AvgIpc) is 3.14. The van der Waals surface area contributed by atoms with Gasteiger partial charge in [0.25, 0.3) is 5.91 Å². The third-order valence-corrected chi connectivity index (χ3v) is 3.39. The average molecular weight is 298 g/mol. The number of fused-ring (bicyclic) bond motifs is 1. The molecule has 1 aromatic carbocycles. The zero-order valence-electron chi connectivity index (χ0n) is 10.9. The van der Waals surface area contributed by atoms with Gasteiger partial charge >= 0.3 is 6.18 Å². The van der Waals surface area contributed by atoms with Gasteiger partial charge in [-0.25, -0.2) is 0 Å². The molecule has 0 spiro atoms. The molecule has 5 nitrogen and oxygen atoms in total. The lowest BCUT2D eigenvalue weighted by Crippen LogP contribution is -2.40. The first-order chi connectivity index (χ1) is 9.85. The minimum atomic E-state index is -4.43. The molecule has 3 N–H and O–H groups in total. The summed E-state index contributed by atoms with van der Waals surface area (Å²) in [6.45, 7) is -1.26. The van der Waals surface area contributed by atoms with E-state index in [1.54, 1.807) is 12.1 Å². The molecule has 1 aliphatic rings. The lowest BCUT2D eigenvalue weighted by atomic mass is 10.1. The van der Waals surface area contributed by atoms with Crippen LogP contribution in [0.4, 0.5) is 18.9 Å². The first-order valence-corrected chi connectivity index (χ1v) is 6.46. The molecule has 1 saturated carbocycles. The fourth-order valence-electron chi connectivity index (χ4n) is 2.28. The summed E-state index contributed by atoms with van der Waals surface area (Å²) < 4.78 is 37.9. The van der Waals surface area contributed by atoms with Crippen molar-refractivity contribution >= 4 is 22.5 Å². The van der Waals surface area contributed by atoms with Crippen LogP contribution < -0.4 is 5.73 Å². The number of aromatic nitrogens is 2. The van der Waals surface area contributed by atoms with Crippen molar-refractivity contribution in [2.24, 2.45) is 0 Å².